The fraction of sp³-hybridized carbons (Fsp3) is 0.471. The molecule has 2 saturated heterocycles. The smallest absolute Gasteiger partial charge is 0.324 e. The molecule has 2 heterocycles. The Labute approximate surface area is 141 Å². The Balaban J connectivity index is 1.74. The van der Waals surface area contributed by atoms with E-state index < -0.39 is 0 Å². The van der Waals surface area contributed by atoms with Crippen molar-refractivity contribution in [2.24, 2.45) is 0 Å². The Morgan fingerprint density at radius 2 is 2.21 bits per heavy atom. The number of nitrogens with one attached hydrogen (secondary N) is 2. The summed E-state index contributed by atoms with van der Waals surface area (Å²) in [6.45, 7) is 1.78. The van der Waals surface area contributed by atoms with Crippen LogP contribution in [0.25, 0.3) is 0 Å². The number of likely N-dealkylation sites (N-methyl/N-ethyl adjacent to an activating group) is 1. The highest BCUT2D eigenvalue weighted by molar-refractivity contribution is 6.02. The lowest BCUT2D eigenvalue weighted by Gasteiger charge is -2.25. The van der Waals surface area contributed by atoms with Crippen LogP contribution in [0.15, 0.2) is 24.3 Å². The molecule has 2 aliphatic rings. The van der Waals surface area contributed by atoms with Gasteiger partial charge in [0.05, 0.1) is 13.1 Å². The van der Waals surface area contributed by atoms with Gasteiger partial charge in [-0.05, 0) is 37.6 Å². The summed E-state index contributed by atoms with van der Waals surface area (Å²) in [5.74, 6) is -0.239. The number of amides is 4. The predicted octanol–water partition coefficient (Wildman–Crippen LogP) is 0.562. The minimum absolute atomic E-state index is 0.00630. The van der Waals surface area contributed by atoms with Crippen molar-refractivity contribution in [2.75, 3.05) is 26.7 Å². The second-order valence-corrected chi connectivity index (χ2v) is 6.19. The molecule has 7 nitrogen and oxygen atoms in total. The van der Waals surface area contributed by atoms with Gasteiger partial charge < -0.3 is 15.5 Å². The highest BCUT2D eigenvalue weighted by Gasteiger charge is 2.30. The van der Waals surface area contributed by atoms with Gasteiger partial charge in [-0.1, -0.05) is 12.1 Å². The van der Waals surface area contributed by atoms with Gasteiger partial charge in [-0.2, -0.15) is 0 Å². The number of hydrogen-bond donors (Lipinski definition) is 2. The molecule has 7 heteroatoms. The van der Waals surface area contributed by atoms with Crippen molar-refractivity contribution in [3.63, 3.8) is 0 Å². The van der Waals surface area contributed by atoms with Crippen LogP contribution in [0.4, 0.5) is 4.79 Å². The first-order valence-corrected chi connectivity index (χ1v) is 8.23. The topological polar surface area (TPSA) is 81.8 Å². The molecule has 2 N–H and O–H groups in total. The van der Waals surface area contributed by atoms with Crippen molar-refractivity contribution >= 4 is 17.8 Å². The van der Waals surface area contributed by atoms with Gasteiger partial charge in [-0.25, -0.2) is 4.79 Å². The van der Waals surface area contributed by atoms with Crippen molar-refractivity contribution in [3.05, 3.63) is 35.4 Å². The lowest BCUT2D eigenvalue weighted by atomic mass is 10.1. The Morgan fingerprint density at radius 3 is 2.92 bits per heavy atom. The summed E-state index contributed by atoms with van der Waals surface area (Å²) in [7, 11) is 1.89. The van der Waals surface area contributed by atoms with Gasteiger partial charge in [0.15, 0.2) is 0 Å². The van der Waals surface area contributed by atoms with E-state index in [1.165, 1.54) is 4.90 Å². The SMILES string of the molecule is CNC[C@H]1CCCN1C(=O)c1cccc(CN2C(=O)CNC2=O)c1. The van der Waals surface area contributed by atoms with Crippen LogP contribution < -0.4 is 10.6 Å². The van der Waals surface area contributed by atoms with Gasteiger partial charge in [0.25, 0.3) is 5.91 Å². The van der Waals surface area contributed by atoms with Gasteiger partial charge in [0, 0.05) is 24.7 Å². The molecule has 2 aliphatic heterocycles. The summed E-state index contributed by atoms with van der Waals surface area (Å²) in [6, 6.07) is 7.01. The average Bonchev–Trinajstić information content (AvgIpc) is 3.17. The van der Waals surface area contributed by atoms with Crippen LogP contribution in [-0.2, 0) is 11.3 Å². The summed E-state index contributed by atoms with van der Waals surface area (Å²) >= 11 is 0. The third-order valence-corrected chi connectivity index (χ3v) is 4.53. The molecule has 1 aromatic carbocycles. The molecule has 0 aromatic heterocycles. The molecule has 4 amide bonds. The maximum absolute atomic E-state index is 12.8. The predicted molar refractivity (Wildman–Crippen MR) is 88.4 cm³/mol. The quantitative estimate of drug-likeness (QED) is 0.773. The average molecular weight is 330 g/mol. The molecule has 1 atom stereocenters. The third-order valence-electron chi connectivity index (χ3n) is 4.53. The number of likely N-dealkylation sites (tertiary alicyclic amines) is 1. The summed E-state index contributed by atoms with van der Waals surface area (Å²) in [5.41, 5.74) is 1.37. The van der Waals surface area contributed by atoms with Crippen LogP contribution in [0.2, 0.25) is 0 Å². The van der Waals surface area contributed by atoms with Crippen LogP contribution in [-0.4, -0.2) is 60.4 Å². The van der Waals surface area contributed by atoms with Crippen LogP contribution in [0.1, 0.15) is 28.8 Å². The number of urea groups is 1. The largest absolute Gasteiger partial charge is 0.334 e. The molecular weight excluding hydrogens is 308 g/mol. The van der Waals surface area contributed by atoms with E-state index in [0.717, 1.165) is 31.5 Å². The van der Waals surface area contributed by atoms with E-state index in [1.54, 1.807) is 18.2 Å². The Morgan fingerprint density at radius 1 is 1.38 bits per heavy atom. The molecule has 3 rings (SSSR count). The van der Waals surface area contributed by atoms with Crippen LogP contribution in [0.3, 0.4) is 0 Å². The fourth-order valence-electron chi connectivity index (χ4n) is 3.32. The first-order chi connectivity index (χ1) is 11.6. The Bertz CT molecular complexity index is 645. The highest BCUT2D eigenvalue weighted by atomic mass is 16.2. The number of benzene rings is 1. The second-order valence-electron chi connectivity index (χ2n) is 6.19. The molecule has 0 unspecified atom stereocenters. The summed E-state index contributed by atoms with van der Waals surface area (Å²) in [5, 5.41) is 5.63. The Kier molecular flexibility index (Phi) is 4.80. The van der Waals surface area contributed by atoms with Crippen molar-refractivity contribution < 1.29 is 14.4 Å². The first-order valence-electron chi connectivity index (χ1n) is 8.23. The zero-order valence-corrected chi connectivity index (χ0v) is 13.7. The third kappa shape index (κ3) is 3.26. The van der Waals surface area contributed by atoms with E-state index in [0.29, 0.717) is 5.56 Å². The standard InChI is InChI=1S/C17H22N4O3/c1-18-9-14-6-3-7-20(14)16(23)13-5-2-4-12(8-13)11-21-15(22)10-19-17(21)24/h2,4-5,8,14,18H,3,6-7,9-11H2,1H3,(H,19,24)/t14-/m1/s1. The number of hydrogen-bond acceptors (Lipinski definition) is 4. The molecule has 0 bridgehead atoms. The fourth-order valence-corrected chi connectivity index (χ4v) is 3.32. The Hall–Kier alpha value is -2.41. The van der Waals surface area contributed by atoms with Crippen molar-refractivity contribution in [2.45, 2.75) is 25.4 Å². The molecule has 128 valence electrons. The maximum Gasteiger partial charge on any atom is 0.324 e. The van der Waals surface area contributed by atoms with E-state index in [-0.39, 0.29) is 37.0 Å². The minimum atomic E-state index is -0.384. The van der Waals surface area contributed by atoms with Gasteiger partial charge >= 0.3 is 6.03 Å². The van der Waals surface area contributed by atoms with Gasteiger partial charge in [0.1, 0.15) is 0 Å². The number of imide groups is 1. The minimum Gasteiger partial charge on any atom is -0.334 e. The number of carbonyl (C=O) groups excluding carboxylic acids is 3. The van der Waals surface area contributed by atoms with Crippen LogP contribution in [0, 0.1) is 0 Å². The van der Waals surface area contributed by atoms with E-state index >= 15 is 0 Å². The van der Waals surface area contributed by atoms with E-state index in [2.05, 4.69) is 10.6 Å². The number of nitrogens with zero attached hydrogens (tertiary/aromatic N) is 2. The zero-order chi connectivity index (χ0) is 17.1. The normalized spacial score (nSPS) is 20.6. The van der Waals surface area contributed by atoms with Gasteiger partial charge in [-0.3, -0.25) is 14.5 Å². The molecule has 24 heavy (non-hydrogen) atoms. The van der Waals surface area contributed by atoms with Crippen molar-refractivity contribution in [1.82, 2.24) is 20.4 Å². The van der Waals surface area contributed by atoms with E-state index in [4.69, 9.17) is 0 Å². The molecular formula is C17H22N4O3. The van der Waals surface area contributed by atoms with E-state index in [9.17, 15) is 14.4 Å². The van der Waals surface area contributed by atoms with Crippen molar-refractivity contribution in [3.8, 4) is 0 Å². The maximum atomic E-state index is 12.8. The second kappa shape index (κ2) is 7.00. The summed E-state index contributed by atoms with van der Waals surface area (Å²) in [4.78, 5) is 39.2. The molecule has 0 saturated carbocycles. The van der Waals surface area contributed by atoms with Crippen molar-refractivity contribution in [1.29, 1.82) is 0 Å². The van der Waals surface area contributed by atoms with Crippen LogP contribution in [0.5, 0.6) is 0 Å². The molecule has 1 aromatic rings. The lowest BCUT2D eigenvalue weighted by Crippen LogP contribution is -2.40. The molecule has 0 aliphatic carbocycles. The molecule has 0 radical (unpaired) electrons. The number of carbonyl (C=O) groups is 3. The van der Waals surface area contributed by atoms with Crippen LogP contribution >= 0.6 is 0 Å². The monoisotopic (exact) mass is 330 g/mol. The van der Waals surface area contributed by atoms with Gasteiger partial charge in [0.2, 0.25) is 5.91 Å². The number of rotatable bonds is 5. The highest BCUT2D eigenvalue weighted by Crippen LogP contribution is 2.20. The zero-order valence-electron chi connectivity index (χ0n) is 13.7. The first kappa shape index (κ1) is 16.4. The summed E-state index contributed by atoms with van der Waals surface area (Å²) in [6.07, 6.45) is 2.02. The molecule has 2 fully saturated rings. The van der Waals surface area contributed by atoms with Gasteiger partial charge in [-0.15, -0.1) is 0 Å². The lowest BCUT2D eigenvalue weighted by molar-refractivity contribution is -0.125. The molecule has 0 spiro atoms. The van der Waals surface area contributed by atoms with E-state index in [1.807, 2.05) is 18.0 Å². The summed E-state index contributed by atoms with van der Waals surface area (Å²) < 4.78 is 0.